The Hall–Kier alpha value is -2.02. The van der Waals surface area contributed by atoms with Crippen molar-refractivity contribution in [1.29, 1.82) is 0 Å². The van der Waals surface area contributed by atoms with Gasteiger partial charge in [-0.25, -0.2) is 4.98 Å². The Balaban J connectivity index is 1.63. The first-order valence-corrected chi connectivity index (χ1v) is 8.78. The van der Waals surface area contributed by atoms with Crippen molar-refractivity contribution in [3.63, 3.8) is 0 Å². The van der Waals surface area contributed by atoms with E-state index in [0.717, 1.165) is 24.2 Å². The molecule has 0 saturated carbocycles. The largest absolute Gasteiger partial charge is 0.417 e. The quantitative estimate of drug-likeness (QED) is 0.765. The molecule has 2 aromatic rings. The highest BCUT2D eigenvalue weighted by Crippen LogP contribution is 2.31. The van der Waals surface area contributed by atoms with Gasteiger partial charge in [0.15, 0.2) is 0 Å². The number of carbonyl (C=O) groups is 1. The monoisotopic (exact) mass is 366 g/mol. The number of fused-ring (bicyclic) bond motifs is 1. The molecule has 1 aliphatic rings. The van der Waals surface area contributed by atoms with Crippen LogP contribution in [0.25, 0.3) is 0 Å². The van der Waals surface area contributed by atoms with Crippen LogP contribution in [-0.4, -0.2) is 27.6 Å². The van der Waals surface area contributed by atoms with Crippen LogP contribution in [0.2, 0.25) is 0 Å². The third-order valence-electron chi connectivity index (χ3n) is 4.15. The van der Waals surface area contributed by atoms with E-state index < -0.39 is 17.0 Å². The number of amides is 1. The van der Waals surface area contributed by atoms with Crippen molar-refractivity contribution >= 4 is 17.7 Å². The zero-order chi connectivity index (χ0) is 18.0. The highest BCUT2D eigenvalue weighted by atomic mass is 32.2. The maximum Gasteiger partial charge on any atom is 0.417 e. The number of aromatic nitrogens is 1. The summed E-state index contributed by atoms with van der Waals surface area (Å²) in [5, 5.41) is 0.000702. The van der Waals surface area contributed by atoms with Crippen molar-refractivity contribution in [3.8, 4) is 0 Å². The molecule has 0 aliphatic carbocycles. The molecule has 7 heteroatoms. The number of nitrogens with zero attached hydrogens (tertiary/aromatic N) is 2. The Kier molecular flexibility index (Phi) is 5.03. The molecular weight excluding hydrogens is 349 g/mol. The molecule has 3 rings (SSSR count). The van der Waals surface area contributed by atoms with Crippen molar-refractivity contribution in [3.05, 3.63) is 59.3 Å². The van der Waals surface area contributed by atoms with Gasteiger partial charge >= 0.3 is 6.18 Å². The van der Waals surface area contributed by atoms with Crippen LogP contribution >= 0.6 is 11.8 Å². The van der Waals surface area contributed by atoms with Crippen molar-refractivity contribution in [2.75, 3.05) is 6.54 Å². The SMILES string of the molecule is C[C@H](Sc1ccc(C(F)(F)F)cn1)C(=O)N1CCc2ccccc2C1. The Labute approximate surface area is 148 Å². The van der Waals surface area contributed by atoms with Gasteiger partial charge in [0.2, 0.25) is 5.91 Å². The lowest BCUT2D eigenvalue weighted by molar-refractivity contribution is -0.138. The summed E-state index contributed by atoms with van der Waals surface area (Å²) < 4.78 is 37.7. The van der Waals surface area contributed by atoms with Gasteiger partial charge in [-0.2, -0.15) is 13.2 Å². The van der Waals surface area contributed by atoms with E-state index in [2.05, 4.69) is 11.1 Å². The Bertz CT molecular complexity index is 762. The van der Waals surface area contributed by atoms with Crippen molar-refractivity contribution in [2.45, 2.75) is 36.3 Å². The molecule has 25 heavy (non-hydrogen) atoms. The summed E-state index contributed by atoms with van der Waals surface area (Å²) in [5.41, 5.74) is 1.62. The van der Waals surface area contributed by atoms with E-state index in [1.54, 1.807) is 11.8 Å². The minimum Gasteiger partial charge on any atom is -0.337 e. The minimum atomic E-state index is -4.40. The summed E-state index contributed by atoms with van der Waals surface area (Å²) in [6.45, 7) is 2.98. The molecule has 1 atom stereocenters. The lowest BCUT2D eigenvalue weighted by Gasteiger charge is -2.30. The predicted molar refractivity (Wildman–Crippen MR) is 90.1 cm³/mol. The molecule has 1 amide bonds. The van der Waals surface area contributed by atoms with Gasteiger partial charge in [0, 0.05) is 19.3 Å². The van der Waals surface area contributed by atoms with E-state index >= 15 is 0 Å². The summed E-state index contributed by atoms with van der Waals surface area (Å²) in [6.07, 6.45) is -2.78. The number of hydrogen-bond donors (Lipinski definition) is 0. The highest BCUT2D eigenvalue weighted by molar-refractivity contribution is 8.00. The first kappa shape index (κ1) is 17.8. The van der Waals surface area contributed by atoms with Crippen LogP contribution in [0.3, 0.4) is 0 Å². The zero-order valence-corrected chi connectivity index (χ0v) is 14.4. The van der Waals surface area contributed by atoms with E-state index in [0.29, 0.717) is 18.1 Å². The van der Waals surface area contributed by atoms with Crippen LogP contribution in [0, 0.1) is 0 Å². The maximum absolute atomic E-state index is 12.6. The topological polar surface area (TPSA) is 33.2 Å². The zero-order valence-electron chi connectivity index (χ0n) is 13.6. The molecule has 0 saturated heterocycles. The van der Waals surface area contributed by atoms with Crippen molar-refractivity contribution in [1.82, 2.24) is 9.88 Å². The minimum absolute atomic E-state index is 0.0267. The van der Waals surface area contributed by atoms with Gasteiger partial charge < -0.3 is 4.90 Å². The number of halogens is 3. The Morgan fingerprint density at radius 3 is 2.56 bits per heavy atom. The Morgan fingerprint density at radius 1 is 1.20 bits per heavy atom. The number of pyridine rings is 1. The molecule has 0 fully saturated rings. The molecule has 1 aromatic heterocycles. The molecule has 132 valence electrons. The van der Waals surface area contributed by atoms with Crippen molar-refractivity contribution < 1.29 is 18.0 Å². The van der Waals surface area contributed by atoms with Gasteiger partial charge in [0.05, 0.1) is 15.8 Å². The first-order valence-electron chi connectivity index (χ1n) is 7.90. The van der Waals surface area contributed by atoms with Gasteiger partial charge in [0.25, 0.3) is 0 Å². The van der Waals surface area contributed by atoms with Crippen LogP contribution in [-0.2, 0) is 23.9 Å². The first-order chi connectivity index (χ1) is 11.8. The van der Waals surface area contributed by atoms with Crippen LogP contribution in [0.5, 0.6) is 0 Å². The summed E-state index contributed by atoms with van der Waals surface area (Å²) in [7, 11) is 0. The standard InChI is InChI=1S/C18H17F3N2OS/c1-12(25-16-7-6-15(10-22-16)18(19,20)21)17(24)23-9-8-13-4-2-3-5-14(13)11-23/h2-7,10,12H,8-9,11H2,1H3/t12-/m0/s1. The van der Waals surface area contributed by atoms with Gasteiger partial charge in [0.1, 0.15) is 0 Å². The fourth-order valence-electron chi connectivity index (χ4n) is 2.79. The van der Waals surface area contributed by atoms with Gasteiger partial charge in [-0.05, 0) is 36.6 Å². The maximum atomic E-state index is 12.6. The van der Waals surface area contributed by atoms with Gasteiger partial charge in [-0.3, -0.25) is 4.79 Å². The van der Waals surface area contributed by atoms with E-state index in [1.807, 2.05) is 18.2 Å². The number of rotatable bonds is 3. The van der Waals surface area contributed by atoms with E-state index in [-0.39, 0.29) is 5.91 Å². The summed E-state index contributed by atoms with van der Waals surface area (Å²) in [5.74, 6) is -0.0267. The van der Waals surface area contributed by atoms with Crippen LogP contribution in [0.1, 0.15) is 23.6 Å². The second kappa shape index (κ2) is 7.07. The molecule has 0 bridgehead atoms. The number of benzene rings is 1. The number of carbonyl (C=O) groups excluding carboxylic acids is 1. The fourth-order valence-corrected chi connectivity index (χ4v) is 3.66. The van der Waals surface area contributed by atoms with E-state index in [1.165, 1.54) is 23.4 Å². The number of thioether (sulfide) groups is 1. The predicted octanol–water partition coefficient (Wildman–Crippen LogP) is 4.17. The molecule has 1 aromatic carbocycles. The highest BCUT2D eigenvalue weighted by Gasteiger charge is 2.31. The third kappa shape index (κ3) is 4.15. The molecule has 0 N–H and O–H groups in total. The number of alkyl halides is 3. The van der Waals surface area contributed by atoms with Crippen LogP contribution in [0.4, 0.5) is 13.2 Å². The fraction of sp³-hybridized carbons (Fsp3) is 0.333. The van der Waals surface area contributed by atoms with Gasteiger partial charge in [-0.15, -0.1) is 0 Å². The lowest BCUT2D eigenvalue weighted by atomic mass is 10.00. The molecule has 1 aliphatic heterocycles. The summed E-state index contributed by atoms with van der Waals surface area (Å²) in [4.78, 5) is 18.3. The average molecular weight is 366 g/mol. The number of hydrogen-bond acceptors (Lipinski definition) is 3. The second-order valence-corrected chi connectivity index (χ2v) is 7.28. The molecule has 2 heterocycles. The van der Waals surface area contributed by atoms with Gasteiger partial charge in [-0.1, -0.05) is 36.0 Å². The molecule has 0 unspecified atom stereocenters. The molecular formula is C18H17F3N2OS. The van der Waals surface area contributed by atoms with Crippen molar-refractivity contribution in [2.24, 2.45) is 0 Å². The molecule has 3 nitrogen and oxygen atoms in total. The normalized spacial score (nSPS) is 15.6. The Morgan fingerprint density at radius 2 is 1.92 bits per heavy atom. The van der Waals surface area contributed by atoms with E-state index in [4.69, 9.17) is 0 Å². The van der Waals surface area contributed by atoms with Crippen LogP contribution in [0.15, 0.2) is 47.6 Å². The third-order valence-corrected chi connectivity index (χ3v) is 5.19. The van der Waals surface area contributed by atoms with Crippen LogP contribution < -0.4 is 0 Å². The summed E-state index contributed by atoms with van der Waals surface area (Å²) in [6, 6.07) is 10.3. The summed E-state index contributed by atoms with van der Waals surface area (Å²) >= 11 is 1.18. The molecule has 0 radical (unpaired) electrons. The smallest absolute Gasteiger partial charge is 0.337 e. The van der Waals surface area contributed by atoms with E-state index in [9.17, 15) is 18.0 Å². The second-order valence-electron chi connectivity index (χ2n) is 5.92. The lowest BCUT2D eigenvalue weighted by Crippen LogP contribution is -2.40. The average Bonchev–Trinajstić information content (AvgIpc) is 2.60. The molecule has 0 spiro atoms.